The summed E-state index contributed by atoms with van der Waals surface area (Å²) in [5.41, 5.74) is 8.20. The fourth-order valence-electron chi connectivity index (χ4n) is 15.9. The summed E-state index contributed by atoms with van der Waals surface area (Å²) in [5, 5.41) is 6.03. The van der Waals surface area contributed by atoms with Crippen LogP contribution in [0.5, 0.6) is 0 Å². The van der Waals surface area contributed by atoms with Gasteiger partial charge in [-0.3, -0.25) is 9.42 Å². The number of hydrogen-bond donors (Lipinski definition) is 1. The van der Waals surface area contributed by atoms with Gasteiger partial charge in [0.15, 0.2) is 5.54 Å². The lowest BCUT2D eigenvalue weighted by atomic mass is 9.53. The second kappa shape index (κ2) is 12.5. The molecule has 10 aliphatic carbocycles. The van der Waals surface area contributed by atoms with Crippen LogP contribution >= 0.6 is 14.1 Å². The molecule has 0 amide bonds. The van der Waals surface area contributed by atoms with Crippen LogP contribution in [0, 0.1) is 59.2 Å². The van der Waals surface area contributed by atoms with E-state index in [-0.39, 0.29) is 0 Å². The van der Waals surface area contributed by atoms with Crippen molar-refractivity contribution in [2.75, 3.05) is 33.2 Å². The molecule has 0 aliphatic heterocycles. The third kappa shape index (κ3) is 5.86. The lowest BCUT2D eigenvalue weighted by Gasteiger charge is -2.58. The van der Waals surface area contributed by atoms with Crippen molar-refractivity contribution in [3.63, 3.8) is 0 Å². The zero-order valence-corrected chi connectivity index (χ0v) is 35.7. The van der Waals surface area contributed by atoms with E-state index in [1.807, 2.05) is 0 Å². The fraction of sp³-hybridized carbons (Fsp3) is 0.886. The third-order valence-electron chi connectivity index (χ3n) is 17.3. The number of nitrogens with zero attached hydrogens (tertiary/aromatic N) is 1. The maximum absolute atomic E-state index is 4.35. The van der Waals surface area contributed by atoms with Gasteiger partial charge < -0.3 is 0 Å². The molecule has 0 heterocycles. The molecule has 0 saturated heterocycles. The lowest BCUT2D eigenvalue weighted by Crippen LogP contribution is -2.57. The van der Waals surface area contributed by atoms with Gasteiger partial charge in [0.25, 0.3) is 0 Å². The van der Waals surface area contributed by atoms with Crippen LogP contribution in [0.2, 0.25) is 0 Å². The van der Waals surface area contributed by atoms with Crippen LogP contribution in [-0.2, 0) is 0 Å². The standard InChI is InChI=1S/C23H43NP.C21H34NP/c1-8-24(23-12-19-9-20(13-23)11-21(10-19)14-23)25(6,7)22-17(4)15(2)16(3)18(22)5;1-13-14(2)16(4)20(15(13)3)23(5,6)22-21-10-17-7-18(11-21)9-19(8-17)12-21/h15-22H,8-14H2,1-7H3;17-19,22H,7-12H2,1-6H3/q+1;. The molecular formula is C44H77N2P2+. The van der Waals surface area contributed by atoms with E-state index in [1.54, 1.807) is 35.7 Å². The summed E-state index contributed by atoms with van der Waals surface area (Å²) in [5.74, 6) is 9.87. The second-order valence-electron chi connectivity index (χ2n) is 20.9. The van der Waals surface area contributed by atoms with Gasteiger partial charge in [0, 0.05) is 43.8 Å². The van der Waals surface area contributed by atoms with Gasteiger partial charge in [-0.2, -0.15) is 0 Å². The maximum atomic E-state index is 4.35. The predicted molar refractivity (Wildman–Crippen MR) is 215 cm³/mol. The molecule has 48 heavy (non-hydrogen) atoms. The summed E-state index contributed by atoms with van der Waals surface area (Å²) in [4.78, 5) is 0. The minimum Gasteiger partial charge on any atom is -0.291 e. The Morgan fingerprint density at radius 1 is 0.562 bits per heavy atom. The SMILES string of the molecule is CC1=C(C)C(=P(C)(C)NC23CC4CC(CC(C4)C2)C3)C(C)=C1C.CC[N+](C12CC3CC(CC(C3)C1)C2)=P(C)(C)C1C(C)C(C)C(C)C1C. The van der Waals surface area contributed by atoms with Gasteiger partial charge in [-0.25, -0.2) is 0 Å². The molecule has 4 heteroatoms. The van der Waals surface area contributed by atoms with E-state index in [2.05, 4.69) is 98.4 Å². The van der Waals surface area contributed by atoms with E-state index in [4.69, 9.17) is 0 Å². The molecule has 2 nitrogen and oxygen atoms in total. The Morgan fingerprint density at radius 3 is 1.27 bits per heavy atom. The van der Waals surface area contributed by atoms with Crippen molar-refractivity contribution in [2.24, 2.45) is 59.2 Å². The largest absolute Gasteiger partial charge is 0.291 e. The second-order valence-corrected chi connectivity index (χ2v) is 28.5. The first-order chi connectivity index (χ1) is 22.4. The first-order valence-electron chi connectivity index (χ1n) is 20.9. The highest BCUT2D eigenvalue weighted by Gasteiger charge is 2.59. The Bertz CT molecular complexity index is 1370. The van der Waals surface area contributed by atoms with E-state index in [0.717, 1.165) is 64.8 Å². The van der Waals surface area contributed by atoms with Crippen LogP contribution in [0.3, 0.4) is 0 Å². The van der Waals surface area contributed by atoms with Crippen molar-refractivity contribution >= 4 is 19.4 Å². The minimum atomic E-state index is -1.28. The average Bonchev–Trinajstić information content (AvgIpc) is 3.29. The Hall–Kier alpha value is -0.0300. The molecule has 0 aromatic heterocycles. The van der Waals surface area contributed by atoms with Crippen LogP contribution < -0.4 is 5.09 Å². The highest BCUT2D eigenvalue weighted by atomic mass is 31.2. The number of rotatable bonds is 5. The maximum Gasteiger partial charge on any atom is 0.158 e. The molecule has 9 saturated carbocycles. The summed E-state index contributed by atoms with van der Waals surface area (Å²) < 4.78 is 3.17. The molecule has 8 bridgehead atoms. The van der Waals surface area contributed by atoms with E-state index < -0.39 is 14.1 Å². The van der Waals surface area contributed by atoms with Crippen LogP contribution in [0.15, 0.2) is 22.3 Å². The fourth-order valence-corrected chi connectivity index (χ4v) is 24.7. The molecule has 4 atom stereocenters. The molecule has 4 unspecified atom stereocenters. The van der Waals surface area contributed by atoms with Crippen molar-refractivity contribution < 1.29 is 4.33 Å². The van der Waals surface area contributed by atoms with Gasteiger partial charge in [0.05, 0.1) is 7.05 Å². The molecule has 10 rings (SSSR count). The number of allylic oxidation sites excluding steroid dienone is 4. The molecular weight excluding hydrogens is 618 g/mol. The molecule has 0 aromatic rings. The monoisotopic (exact) mass is 696 g/mol. The van der Waals surface area contributed by atoms with Crippen LogP contribution in [0.25, 0.3) is 0 Å². The Morgan fingerprint density at radius 2 is 0.917 bits per heavy atom. The third-order valence-corrected chi connectivity index (χ3v) is 24.5. The van der Waals surface area contributed by atoms with Gasteiger partial charge in [0.1, 0.15) is 6.54 Å². The highest BCUT2D eigenvalue weighted by Crippen LogP contribution is 2.65. The Labute approximate surface area is 298 Å². The summed E-state index contributed by atoms with van der Waals surface area (Å²) in [6.07, 6.45) is 18.3. The summed E-state index contributed by atoms with van der Waals surface area (Å²) >= 11 is 0. The Kier molecular flexibility index (Phi) is 9.49. The minimum absolute atomic E-state index is 0.476. The van der Waals surface area contributed by atoms with Crippen molar-refractivity contribution in [2.45, 2.75) is 156 Å². The van der Waals surface area contributed by atoms with E-state index in [9.17, 15) is 0 Å². The molecule has 10 aliphatic rings. The smallest absolute Gasteiger partial charge is 0.158 e. The van der Waals surface area contributed by atoms with E-state index >= 15 is 0 Å². The molecule has 9 fully saturated rings. The van der Waals surface area contributed by atoms with Crippen LogP contribution in [0.4, 0.5) is 0 Å². The van der Waals surface area contributed by atoms with Gasteiger partial charge >= 0.3 is 0 Å². The van der Waals surface area contributed by atoms with Crippen molar-refractivity contribution in [1.29, 1.82) is 0 Å². The van der Waals surface area contributed by atoms with Crippen LogP contribution in [0.1, 0.15) is 139 Å². The molecule has 0 aromatic carbocycles. The summed E-state index contributed by atoms with van der Waals surface area (Å²) in [6, 6.07) is 0. The molecule has 1 N–H and O–H groups in total. The normalized spacial score (nSPS) is 46.2. The number of hydrogen-bond acceptors (Lipinski definition) is 1. The van der Waals surface area contributed by atoms with Gasteiger partial charge in [-0.1, -0.05) is 27.7 Å². The van der Waals surface area contributed by atoms with E-state index in [0.29, 0.717) is 11.1 Å². The molecule has 0 spiro atoms. The first kappa shape index (κ1) is 36.3. The van der Waals surface area contributed by atoms with Crippen molar-refractivity contribution in [3.05, 3.63) is 22.3 Å². The summed E-state index contributed by atoms with van der Waals surface area (Å²) in [6.45, 7) is 33.9. The van der Waals surface area contributed by atoms with Crippen molar-refractivity contribution in [1.82, 2.24) is 5.09 Å². The predicted octanol–water partition coefficient (Wildman–Crippen LogP) is 12.0. The highest BCUT2D eigenvalue weighted by molar-refractivity contribution is 7.74. The Balaban J connectivity index is 0.000000152. The van der Waals surface area contributed by atoms with Gasteiger partial charge in [0.2, 0.25) is 0 Å². The average molecular weight is 696 g/mol. The topological polar surface area (TPSA) is 15.0 Å². The quantitative estimate of drug-likeness (QED) is 0.283. The van der Waals surface area contributed by atoms with Gasteiger partial charge in [-0.05, 0) is 200 Å². The van der Waals surface area contributed by atoms with E-state index in [1.165, 1.54) is 75.5 Å². The summed E-state index contributed by atoms with van der Waals surface area (Å²) in [7, 11) is -2.38. The first-order valence-corrected chi connectivity index (χ1v) is 26.3. The lowest BCUT2D eigenvalue weighted by molar-refractivity contribution is -0.607. The number of nitrogens with one attached hydrogen (secondary N) is 1. The molecule has 0 radical (unpaired) electrons. The van der Waals surface area contributed by atoms with Gasteiger partial charge in [-0.15, -0.1) is 0 Å². The van der Waals surface area contributed by atoms with Crippen molar-refractivity contribution in [3.8, 4) is 0 Å². The zero-order valence-electron chi connectivity index (χ0n) is 33.9. The zero-order chi connectivity index (χ0) is 34.7. The molecule has 272 valence electrons. The van der Waals surface area contributed by atoms with Crippen LogP contribution in [-0.4, -0.2) is 59.6 Å².